The van der Waals surface area contributed by atoms with Crippen molar-refractivity contribution < 1.29 is 19.8 Å². The molecule has 0 saturated carbocycles. The molecule has 0 amide bonds. The third kappa shape index (κ3) is 18.4. The van der Waals surface area contributed by atoms with Crippen LogP contribution in [0.2, 0.25) is 0 Å². The van der Waals surface area contributed by atoms with Crippen LogP contribution < -0.4 is 0 Å². The van der Waals surface area contributed by atoms with E-state index in [-0.39, 0.29) is 18.4 Å². The highest BCUT2D eigenvalue weighted by Crippen LogP contribution is 2.07. The molecule has 2 atom stereocenters. The highest BCUT2D eigenvalue weighted by Gasteiger charge is 1.98. The summed E-state index contributed by atoms with van der Waals surface area (Å²) in [6.07, 6.45) is 25.9. The maximum absolute atomic E-state index is 11.1. The molecule has 0 aliphatic heterocycles. The highest BCUT2D eigenvalue weighted by atomic mass is 16.4. The minimum atomic E-state index is -0.736. The topological polar surface area (TPSA) is 74.6 Å². The number of hydrogen-bond donors (Lipinski definition) is 2. The van der Waals surface area contributed by atoms with Crippen molar-refractivity contribution in [1.82, 2.24) is 0 Å². The van der Waals surface area contributed by atoms with E-state index in [2.05, 4.69) is 6.08 Å². The van der Waals surface area contributed by atoms with Gasteiger partial charge in [-0.25, -0.2) is 0 Å². The van der Waals surface area contributed by atoms with E-state index < -0.39 is 5.97 Å². The zero-order valence-corrected chi connectivity index (χ0v) is 16.4. The van der Waals surface area contributed by atoms with Gasteiger partial charge >= 0.3 is 5.97 Å². The van der Waals surface area contributed by atoms with E-state index in [4.69, 9.17) is 5.11 Å². The molecular weight excluding hydrogens is 340 g/mol. The van der Waals surface area contributed by atoms with Crippen LogP contribution in [0.15, 0.2) is 60.8 Å². The average molecular weight is 375 g/mol. The van der Waals surface area contributed by atoms with Gasteiger partial charge in [0, 0.05) is 12.3 Å². The smallest absolute Gasteiger partial charge is 0.303 e. The second-order valence-electron chi connectivity index (χ2n) is 6.34. The number of aliphatic carboxylic acids is 1. The summed E-state index contributed by atoms with van der Waals surface area (Å²) in [5, 5.41) is 17.9. The summed E-state index contributed by atoms with van der Waals surface area (Å²) < 4.78 is 0. The number of aliphatic hydroxyl groups excluding tert-OH is 1. The van der Waals surface area contributed by atoms with Crippen LogP contribution in [0.4, 0.5) is 0 Å². The molecule has 0 aliphatic carbocycles. The van der Waals surface area contributed by atoms with E-state index in [0.717, 1.165) is 44.8 Å². The van der Waals surface area contributed by atoms with Gasteiger partial charge in [-0.3, -0.25) is 4.79 Å². The molecule has 27 heavy (non-hydrogen) atoms. The SMILES string of the molecule is CCC(O)/C=C/C=C\C/C=C\C=C/C(C=O)C/C=C\CCCCCC(=O)O. The lowest BCUT2D eigenvalue weighted by Gasteiger charge is -1.99. The molecule has 0 fully saturated rings. The van der Waals surface area contributed by atoms with E-state index in [1.54, 1.807) is 6.08 Å². The van der Waals surface area contributed by atoms with Gasteiger partial charge in [0.25, 0.3) is 0 Å². The van der Waals surface area contributed by atoms with E-state index >= 15 is 0 Å². The van der Waals surface area contributed by atoms with Gasteiger partial charge in [0.15, 0.2) is 0 Å². The Morgan fingerprint density at radius 2 is 1.63 bits per heavy atom. The fraction of sp³-hybridized carbons (Fsp3) is 0.478. The molecule has 0 aromatic carbocycles. The first-order chi connectivity index (χ1) is 13.1. The van der Waals surface area contributed by atoms with Crippen molar-refractivity contribution in [1.29, 1.82) is 0 Å². The van der Waals surface area contributed by atoms with Crippen molar-refractivity contribution in [3.8, 4) is 0 Å². The summed E-state index contributed by atoms with van der Waals surface area (Å²) in [6, 6.07) is 0. The number of hydrogen-bond acceptors (Lipinski definition) is 3. The fourth-order valence-electron chi connectivity index (χ4n) is 2.19. The van der Waals surface area contributed by atoms with Crippen molar-refractivity contribution in [2.75, 3.05) is 0 Å². The summed E-state index contributed by atoms with van der Waals surface area (Å²) in [5.74, 6) is -0.855. The van der Waals surface area contributed by atoms with Crippen LogP contribution in [0.1, 0.15) is 58.3 Å². The number of unbranched alkanes of at least 4 members (excludes halogenated alkanes) is 3. The highest BCUT2D eigenvalue weighted by molar-refractivity contribution is 5.66. The summed E-state index contributed by atoms with van der Waals surface area (Å²) in [4.78, 5) is 21.5. The Kier molecular flexibility index (Phi) is 17.1. The van der Waals surface area contributed by atoms with Gasteiger partial charge in [0.2, 0.25) is 0 Å². The third-order valence-electron chi connectivity index (χ3n) is 3.89. The molecular formula is C23H34O4. The van der Waals surface area contributed by atoms with Gasteiger partial charge < -0.3 is 15.0 Å². The van der Waals surface area contributed by atoms with Gasteiger partial charge in [-0.05, 0) is 38.5 Å². The Morgan fingerprint density at radius 3 is 2.26 bits per heavy atom. The van der Waals surface area contributed by atoms with Crippen LogP contribution in [0.25, 0.3) is 0 Å². The van der Waals surface area contributed by atoms with Crippen LogP contribution in [0.3, 0.4) is 0 Å². The normalized spacial score (nSPS) is 14.9. The van der Waals surface area contributed by atoms with Crippen molar-refractivity contribution in [3.05, 3.63) is 60.8 Å². The van der Waals surface area contributed by atoms with Gasteiger partial charge in [0.1, 0.15) is 6.29 Å². The minimum absolute atomic E-state index is 0.119. The molecule has 0 saturated heterocycles. The average Bonchev–Trinajstić information content (AvgIpc) is 2.66. The first kappa shape index (κ1) is 24.8. The number of aliphatic hydroxyl groups is 1. The molecule has 4 heteroatoms. The third-order valence-corrected chi connectivity index (χ3v) is 3.89. The summed E-state index contributed by atoms with van der Waals surface area (Å²) in [6.45, 7) is 1.93. The molecule has 0 aliphatic rings. The van der Waals surface area contributed by atoms with Gasteiger partial charge in [0.05, 0.1) is 6.10 Å². The van der Waals surface area contributed by atoms with Crippen molar-refractivity contribution in [2.45, 2.75) is 64.4 Å². The number of carbonyl (C=O) groups excluding carboxylic acids is 1. The number of rotatable bonds is 16. The zero-order chi connectivity index (χ0) is 20.2. The molecule has 0 radical (unpaired) electrons. The monoisotopic (exact) mass is 374 g/mol. The Labute approximate surface area is 163 Å². The fourth-order valence-corrected chi connectivity index (χ4v) is 2.19. The summed E-state index contributed by atoms with van der Waals surface area (Å²) in [5.41, 5.74) is 0. The number of carboxylic acid groups (broad SMARTS) is 1. The zero-order valence-electron chi connectivity index (χ0n) is 16.4. The van der Waals surface area contributed by atoms with Gasteiger partial charge in [-0.15, -0.1) is 0 Å². The second kappa shape index (κ2) is 18.6. The number of carbonyl (C=O) groups is 2. The molecule has 4 nitrogen and oxygen atoms in total. The van der Waals surface area contributed by atoms with Crippen LogP contribution in [0, 0.1) is 5.92 Å². The van der Waals surface area contributed by atoms with E-state index in [9.17, 15) is 14.7 Å². The first-order valence-corrected chi connectivity index (χ1v) is 9.77. The lowest BCUT2D eigenvalue weighted by atomic mass is 10.1. The summed E-state index contributed by atoms with van der Waals surface area (Å²) in [7, 11) is 0. The van der Waals surface area contributed by atoms with Crippen LogP contribution in [-0.4, -0.2) is 28.6 Å². The Hall–Kier alpha value is -2.20. The predicted octanol–water partition coefficient (Wildman–Crippen LogP) is 5.17. The maximum atomic E-state index is 11.1. The van der Waals surface area contributed by atoms with E-state index in [0.29, 0.717) is 6.42 Å². The molecule has 2 N–H and O–H groups in total. The largest absolute Gasteiger partial charge is 0.481 e. The standard InChI is InChI=1S/C23H34O4/c1-2-22(25)18-14-10-5-3-4-8-12-16-21(20-24)17-13-9-6-7-11-15-19-23(26)27/h4-5,8-10,12-14,16,18,20-22,25H,2-3,6-7,11,15,17,19H2,1H3,(H,26,27)/b8-4-,10-5-,13-9-,16-12-,18-14+. The lowest BCUT2D eigenvalue weighted by molar-refractivity contribution is -0.137. The van der Waals surface area contributed by atoms with Crippen molar-refractivity contribution in [3.63, 3.8) is 0 Å². The molecule has 0 spiro atoms. The molecule has 0 aromatic heterocycles. The molecule has 0 rings (SSSR count). The molecule has 150 valence electrons. The summed E-state index contributed by atoms with van der Waals surface area (Å²) >= 11 is 0. The molecule has 0 aromatic rings. The minimum Gasteiger partial charge on any atom is -0.481 e. The Morgan fingerprint density at radius 1 is 0.926 bits per heavy atom. The second-order valence-corrected chi connectivity index (χ2v) is 6.34. The molecule has 0 bridgehead atoms. The quantitative estimate of drug-likeness (QED) is 0.169. The van der Waals surface area contributed by atoms with Gasteiger partial charge in [-0.1, -0.05) is 74.1 Å². The Bertz CT molecular complexity index is 526. The molecule has 0 heterocycles. The number of aldehydes is 1. The van der Waals surface area contributed by atoms with Crippen molar-refractivity contribution in [2.24, 2.45) is 5.92 Å². The van der Waals surface area contributed by atoms with Crippen LogP contribution in [-0.2, 0) is 9.59 Å². The molecule has 2 unspecified atom stereocenters. The van der Waals surface area contributed by atoms with Crippen LogP contribution in [0.5, 0.6) is 0 Å². The van der Waals surface area contributed by atoms with Crippen molar-refractivity contribution >= 4 is 12.3 Å². The van der Waals surface area contributed by atoms with Crippen LogP contribution >= 0.6 is 0 Å². The first-order valence-electron chi connectivity index (χ1n) is 9.77. The van der Waals surface area contributed by atoms with E-state index in [1.165, 1.54) is 0 Å². The predicted molar refractivity (Wildman–Crippen MR) is 112 cm³/mol. The number of carboxylic acids is 1. The number of allylic oxidation sites excluding steroid dienone is 9. The van der Waals surface area contributed by atoms with E-state index in [1.807, 2.05) is 55.5 Å². The Balaban J connectivity index is 3.89. The van der Waals surface area contributed by atoms with Gasteiger partial charge in [-0.2, -0.15) is 0 Å². The lowest BCUT2D eigenvalue weighted by Crippen LogP contribution is -1.97. The maximum Gasteiger partial charge on any atom is 0.303 e.